The van der Waals surface area contributed by atoms with Gasteiger partial charge in [-0.15, -0.1) is 0 Å². The quantitative estimate of drug-likeness (QED) is 0.409. The lowest BCUT2D eigenvalue weighted by atomic mass is 9.92. The lowest BCUT2D eigenvalue weighted by molar-refractivity contribution is 0.0976. The van der Waals surface area contributed by atoms with Crippen molar-refractivity contribution in [2.75, 3.05) is 41.6 Å². The Morgan fingerprint density at radius 2 is 2.06 bits per heavy atom. The van der Waals surface area contributed by atoms with Crippen molar-refractivity contribution < 1.29 is 18.3 Å². The number of hydrogen-bond acceptors (Lipinski definition) is 9. The van der Waals surface area contributed by atoms with Crippen molar-refractivity contribution in [3.8, 4) is 0 Å². The van der Waals surface area contributed by atoms with E-state index in [9.17, 15) is 13.2 Å². The molecular formula is C23H35N7O4S. The summed E-state index contributed by atoms with van der Waals surface area (Å²) in [6.45, 7) is 5.66. The second-order valence-electron chi connectivity index (χ2n) is 9.56. The van der Waals surface area contributed by atoms with Crippen LogP contribution >= 0.6 is 0 Å². The molecule has 1 aromatic heterocycles. The monoisotopic (exact) mass is 505 g/mol. The summed E-state index contributed by atoms with van der Waals surface area (Å²) in [5.41, 5.74) is 1.23. The molecule has 0 aromatic carbocycles. The van der Waals surface area contributed by atoms with Crippen LogP contribution in [0.4, 0.5) is 11.6 Å². The largest absolute Gasteiger partial charge is 0.395 e. The number of pyridine rings is 1. The van der Waals surface area contributed by atoms with Gasteiger partial charge in [-0.05, 0) is 70.2 Å². The molecule has 0 aliphatic carbocycles. The number of carbonyl (C=O) groups is 1. The van der Waals surface area contributed by atoms with Crippen molar-refractivity contribution >= 4 is 33.4 Å². The molecule has 4 rings (SSSR count). The Hall–Kier alpha value is -2.70. The van der Waals surface area contributed by atoms with E-state index in [0.29, 0.717) is 23.1 Å². The number of hydrogen-bond donors (Lipinski definition) is 5. The van der Waals surface area contributed by atoms with Crippen LogP contribution in [-0.4, -0.2) is 68.0 Å². The highest BCUT2D eigenvalue weighted by Gasteiger charge is 2.29. The minimum Gasteiger partial charge on any atom is -0.395 e. The molecule has 0 radical (unpaired) electrons. The summed E-state index contributed by atoms with van der Waals surface area (Å²) in [7, 11) is -3.75. The molecule has 2 atom stereocenters. The number of allylic oxidation sites excluding steroid dienone is 1. The van der Waals surface area contributed by atoms with Gasteiger partial charge in [0.25, 0.3) is 5.91 Å². The van der Waals surface area contributed by atoms with Gasteiger partial charge < -0.3 is 20.6 Å². The van der Waals surface area contributed by atoms with Crippen molar-refractivity contribution in [3.63, 3.8) is 0 Å². The molecule has 192 valence electrons. The van der Waals surface area contributed by atoms with Gasteiger partial charge >= 0.3 is 0 Å². The Bertz CT molecular complexity index is 1120. The molecule has 1 amide bonds. The van der Waals surface area contributed by atoms with Crippen LogP contribution in [0.15, 0.2) is 28.9 Å². The molecule has 5 N–H and O–H groups in total. The van der Waals surface area contributed by atoms with E-state index in [0.717, 1.165) is 57.4 Å². The maximum atomic E-state index is 13.4. The molecular weight excluding hydrogens is 470 g/mol. The van der Waals surface area contributed by atoms with Gasteiger partial charge in [0.2, 0.25) is 10.0 Å². The maximum absolute atomic E-state index is 13.4. The maximum Gasteiger partial charge on any atom is 0.260 e. The summed E-state index contributed by atoms with van der Waals surface area (Å²) >= 11 is 0. The molecule has 2 unspecified atom stereocenters. The van der Waals surface area contributed by atoms with E-state index in [-0.39, 0.29) is 11.7 Å². The Morgan fingerprint density at radius 1 is 1.26 bits per heavy atom. The van der Waals surface area contributed by atoms with Crippen molar-refractivity contribution in [3.05, 3.63) is 29.5 Å². The summed E-state index contributed by atoms with van der Waals surface area (Å²) < 4.78 is 26.8. The van der Waals surface area contributed by atoms with Crippen molar-refractivity contribution in [1.29, 1.82) is 0 Å². The topological polar surface area (TPSA) is 148 Å². The number of sulfonamides is 1. The summed E-state index contributed by atoms with van der Waals surface area (Å²) in [4.78, 5) is 24.7. The summed E-state index contributed by atoms with van der Waals surface area (Å²) in [6.07, 6.45) is 7.03. The van der Waals surface area contributed by atoms with Gasteiger partial charge in [-0.3, -0.25) is 14.8 Å². The lowest BCUT2D eigenvalue weighted by Crippen LogP contribution is -2.55. The second-order valence-corrected chi connectivity index (χ2v) is 11.4. The summed E-state index contributed by atoms with van der Waals surface area (Å²) in [6, 6.07) is 3.06. The van der Waals surface area contributed by atoms with Gasteiger partial charge in [0.05, 0.1) is 17.9 Å². The van der Waals surface area contributed by atoms with Crippen LogP contribution in [0.3, 0.4) is 0 Å². The number of nitrogens with zero attached hydrogens (tertiary/aromatic N) is 3. The number of anilines is 2. The van der Waals surface area contributed by atoms with Gasteiger partial charge in [0.15, 0.2) is 5.79 Å². The SMILES string of the molecule is CC1=CC2=NC(C)(NCCCCC3CCCN(C3)c3nc(NS(=O)(=O)CCO)ccc3C(=O)N2)N1. The van der Waals surface area contributed by atoms with Gasteiger partial charge in [-0.2, -0.15) is 0 Å². The van der Waals surface area contributed by atoms with Gasteiger partial charge in [-0.25, -0.2) is 18.4 Å². The number of amides is 1. The molecule has 11 nitrogen and oxygen atoms in total. The van der Waals surface area contributed by atoms with Gasteiger partial charge in [-0.1, -0.05) is 6.42 Å². The zero-order valence-corrected chi connectivity index (χ0v) is 21.1. The Morgan fingerprint density at radius 3 is 2.86 bits per heavy atom. The van der Waals surface area contributed by atoms with Crippen LogP contribution in [0.2, 0.25) is 0 Å². The fraction of sp³-hybridized carbons (Fsp3) is 0.609. The molecule has 0 spiro atoms. The normalized spacial score (nSPS) is 25.6. The first-order valence-corrected chi connectivity index (χ1v) is 13.8. The van der Waals surface area contributed by atoms with E-state index in [2.05, 4.69) is 35.5 Å². The van der Waals surface area contributed by atoms with Gasteiger partial charge in [0, 0.05) is 18.8 Å². The number of nitrogens with one attached hydrogen (secondary N) is 4. The Kier molecular flexibility index (Phi) is 7.62. The van der Waals surface area contributed by atoms with Crippen LogP contribution < -0.4 is 25.6 Å². The highest BCUT2D eigenvalue weighted by Crippen LogP contribution is 2.29. The number of amidine groups is 1. The minimum absolute atomic E-state index is 0.122. The third-order valence-corrected chi connectivity index (χ3v) is 7.69. The van der Waals surface area contributed by atoms with Crippen LogP contribution in [0.1, 0.15) is 56.3 Å². The number of carbonyl (C=O) groups excluding carboxylic acids is 1. The number of aliphatic imine (C=N–C) groups is 1. The van der Waals surface area contributed by atoms with Crippen molar-refractivity contribution in [1.82, 2.24) is 20.9 Å². The minimum atomic E-state index is -3.75. The number of aromatic nitrogens is 1. The Balaban J connectivity index is 1.71. The average Bonchev–Trinajstić information content (AvgIpc) is 2.77. The molecule has 4 bridgehead atoms. The fourth-order valence-corrected chi connectivity index (χ4v) is 5.67. The standard InChI is InChI=1S/C23H35N7O4S/c1-16-14-20-26-22(32)18-8-9-19(29-35(33,34)13-12-31)25-21(18)30-11-5-7-17(15-30)6-3-4-10-24-23(2,27-16)28-20/h8-9,14,17,24,27,31H,3-7,10-13,15H2,1-2H3,(H,25,29)(H,26,28,32). The number of fused-ring (bicyclic) bond motifs is 5. The molecule has 1 aromatic rings. The predicted molar refractivity (Wildman–Crippen MR) is 136 cm³/mol. The van der Waals surface area contributed by atoms with Crippen LogP contribution in [-0.2, 0) is 10.0 Å². The smallest absolute Gasteiger partial charge is 0.260 e. The van der Waals surface area contributed by atoms with Crippen molar-refractivity contribution in [2.24, 2.45) is 10.9 Å². The van der Waals surface area contributed by atoms with Crippen LogP contribution in [0, 0.1) is 5.92 Å². The molecule has 12 heteroatoms. The average molecular weight is 506 g/mol. The van der Waals surface area contributed by atoms with Crippen molar-refractivity contribution in [2.45, 2.75) is 51.7 Å². The first kappa shape index (κ1) is 25.4. The zero-order valence-electron chi connectivity index (χ0n) is 20.3. The first-order valence-electron chi connectivity index (χ1n) is 12.2. The Labute approximate surface area is 206 Å². The summed E-state index contributed by atoms with van der Waals surface area (Å²) in [5, 5.41) is 18.7. The lowest BCUT2D eigenvalue weighted by Gasteiger charge is -2.34. The van der Waals surface area contributed by atoms with Gasteiger partial charge in [0.1, 0.15) is 17.5 Å². The van der Waals surface area contributed by atoms with E-state index in [1.807, 2.05) is 13.8 Å². The molecule has 0 saturated carbocycles. The van der Waals surface area contributed by atoms with Crippen LogP contribution in [0.25, 0.3) is 0 Å². The second kappa shape index (κ2) is 10.5. The zero-order chi connectivity index (χ0) is 25.1. The molecule has 3 aliphatic rings. The number of aliphatic hydroxyl groups excluding tert-OH is 1. The number of rotatable bonds is 4. The number of piperidine rings is 1. The highest BCUT2D eigenvalue weighted by atomic mass is 32.2. The highest BCUT2D eigenvalue weighted by molar-refractivity contribution is 7.92. The third-order valence-electron chi connectivity index (χ3n) is 6.45. The van der Waals surface area contributed by atoms with E-state index < -0.39 is 28.2 Å². The molecule has 35 heavy (non-hydrogen) atoms. The molecule has 1 fully saturated rings. The summed E-state index contributed by atoms with van der Waals surface area (Å²) in [5.74, 6) is -0.0366. The molecule has 4 heterocycles. The fourth-order valence-electron chi connectivity index (χ4n) is 4.89. The first-order chi connectivity index (χ1) is 16.7. The van der Waals surface area contributed by atoms with E-state index in [1.165, 1.54) is 6.07 Å². The van der Waals surface area contributed by atoms with E-state index in [1.54, 1.807) is 12.1 Å². The van der Waals surface area contributed by atoms with Crippen LogP contribution in [0.5, 0.6) is 0 Å². The molecule has 1 saturated heterocycles. The van der Waals surface area contributed by atoms with E-state index >= 15 is 0 Å². The number of aliphatic hydroxyl groups is 1. The predicted octanol–water partition coefficient (Wildman–Crippen LogP) is 1.11. The third kappa shape index (κ3) is 6.50. The van der Waals surface area contributed by atoms with E-state index in [4.69, 9.17) is 5.11 Å². The molecule has 3 aliphatic heterocycles.